The number of thiocarbonyl (C=S) groups is 10. The fourth-order valence-corrected chi connectivity index (χ4v) is 8.05. The van der Waals surface area contributed by atoms with Gasteiger partial charge in [0.1, 0.15) is 0 Å². The van der Waals surface area contributed by atoms with Gasteiger partial charge in [-0.25, -0.2) is 0 Å². The first-order valence-corrected chi connectivity index (χ1v) is 32.9. The molecule has 0 aliphatic heterocycles. The number of nitrogens with zero attached hydrogens (tertiary/aromatic N) is 16. The average molecular weight is 1900 g/mol. The Morgan fingerprint density at radius 1 is 0.156 bits per heavy atom. The Kier molecular flexibility index (Phi) is 240. The zero-order valence-corrected chi connectivity index (χ0v) is 76.3. The van der Waals surface area contributed by atoms with E-state index >= 15 is 0 Å². The molecule has 0 spiro atoms. The normalized spacial score (nSPS) is 8.09. The minimum atomic E-state index is 0. The molecule has 0 heterocycles. The van der Waals surface area contributed by atoms with E-state index in [-0.39, 0.29) is 84.1 Å². The second-order valence-electron chi connectivity index (χ2n) is 16.6. The van der Waals surface area contributed by atoms with Crippen molar-refractivity contribution in [2.45, 2.75) is 166 Å². The van der Waals surface area contributed by atoms with Crippen molar-refractivity contribution >= 4 is 174 Å². The van der Waals surface area contributed by atoms with Gasteiger partial charge in [0.25, 0.3) is 0 Å². The fraction of sp³-hybridized carbons (Fsp3) is 0.828. The second-order valence-corrected chi connectivity index (χ2v) is 18.4. The van der Waals surface area contributed by atoms with Gasteiger partial charge in [-0.1, -0.05) is 122 Å². The minimum absolute atomic E-state index is 0. The van der Waals surface area contributed by atoms with Crippen LogP contribution in [0.15, 0.2) is 0 Å². The van der Waals surface area contributed by atoms with E-state index in [1.54, 1.807) is 0 Å². The van der Waals surface area contributed by atoms with Crippen molar-refractivity contribution in [1.29, 1.82) is 0 Å². The first-order valence-electron chi connectivity index (χ1n) is 28.8. The van der Waals surface area contributed by atoms with Crippen LogP contribution >= 0.6 is 122 Å². The van der Waals surface area contributed by atoms with Crippen LogP contribution in [0.25, 0.3) is 54.1 Å². The molecule has 0 saturated carbocycles. The summed E-state index contributed by atoms with van der Waals surface area (Å²) in [7, 11) is 0. The quantitative estimate of drug-likeness (QED) is 0.0499. The van der Waals surface area contributed by atoms with Crippen LogP contribution in [0.5, 0.6) is 0 Å². The summed E-state index contributed by atoms with van der Waals surface area (Å²) >= 11 is 37.0. The van der Waals surface area contributed by atoms with Crippen LogP contribution in [0.1, 0.15) is 166 Å². The van der Waals surface area contributed by atoms with Gasteiger partial charge >= 0.3 is 0 Å². The number of quaternary nitrogens is 6. The van der Waals surface area contributed by atoms with E-state index in [1.807, 2.05) is 0 Å². The molecule has 0 rings (SSSR count). The van der Waals surface area contributed by atoms with Gasteiger partial charge in [0.05, 0.1) is 157 Å². The molecule has 0 amide bonds. The molecule has 20 nitrogen and oxygen atoms in total. The van der Waals surface area contributed by atoms with Gasteiger partial charge in [-0.15, -0.1) is 0 Å². The predicted molar refractivity (Wildman–Crippen MR) is 417 cm³/mol. The topological polar surface area (TPSA) is 337 Å². The molecule has 0 atom stereocenters. The molecule has 0 bridgehead atoms. The van der Waals surface area contributed by atoms with Crippen molar-refractivity contribution in [3.8, 4) is 0 Å². The first kappa shape index (κ1) is 154. The molecule has 0 saturated heterocycles. The van der Waals surface area contributed by atoms with Crippen molar-refractivity contribution < 1.29 is 111 Å². The Hall–Kier alpha value is -0.296. The maximum Gasteiger partial charge on any atom is 0.0757 e. The van der Waals surface area contributed by atoms with Gasteiger partial charge in [0.15, 0.2) is 0 Å². The standard InChI is InChI=1S/6C8H20N.10CNS.4O.2U/c6*1-5-9(6-2,7-3)8-4;10*2-1-3;;;;;;/h6*5-8H2,1-4H3;;;;;;;;;;;;;;;;/q6*+1;10*-1;4*-2;;. The van der Waals surface area contributed by atoms with E-state index < -0.39 is 0 Å². The zero-order chi connectivity index (χ0) is 71.0. The van der Waals surface area contributed by atoms with E-state index in [1.165, 1.54) is 236 Å². The summed E-state index contributed by atoms with van der Waals surface area (Å²) < 4.78 is 7.67. The summed E-state index contributed by atoms with van der Waals surface area (Å²) in [6.45, 7) is 85.3. The molecule has 0 N–H and O–H groups in total. The van der Waals surface area contributed by atoms with Crippen molar-refractivity contribution in [1.82, 2.24) is 0 Å². The van der Waals surface area contributed by atoms with Gasteiger partial charge in [-0.05, 0) is 166 Å². The molecule has 0 radical (unpaired) electrons. The second kappa shape index (κ2) is 140. The van der Waals surface area contributed by atoms with E-state index in [0.29, 0.717) is 0 Å². The average Bonchev–Trinajstić information content (AvgIpc) is 3.51. The minimum Gasteiger partial charge on any atom is -2.00 e. The molecule has 0 aliphatic rings. The summed E-state index contributed by atoms with van der Waals surface area (Å²) in [5.74, 6) is 0. The van der Waals surface area contributed by atoms with E-state index in [9.17, 15) is 0 Å². The third-order valence-corrected chi connectivity index (χ3v) is 16.1. The van der Waals surface area contributed by atoms with E-state index in [4.69, 9.17) is 54.1 Å². The Bertz CT molecular complexity index is 1200. The third kappa shape index (κ3) is 128. The van der Waals surface area contributed by atoms with Crippen LogP contribution in [-0.2, 0) is 21.9 Å². The Balaban J connectivity index is -0.0000000280. The Morgan fingerprint density at radius 2 is 0.178 bits per heavy atom. The van der Waals surface area contributed by atoms with Gasteiger partial charge in [0, 0.05) is 62.2 Å². The summed E-state index contributed by atoms with van der Waals surface area (Å²) in [4.78, 5) is 0. The molecule has 0 unspecified atom stereocenters. The van der Waals surface area contributed by atoms with Crippen molar-refractivity contribution in [3.63, 3.8) is 0 Å². The Labute approximate surface area is 655 Å². The number of hydrogen-bond acceptors (Lipinski definition) is 10. The van der Waals surface area contributed by atoms with Crippen LogP contribution in [0.4, 0.5) is 0 Å². The molecule has 0 aromatic rings. The third-order valence-electron chi connectivity index (χ3n) is 16.1. The number of hydrogen-bond donors (Lipinski definition) is 0. The van der Waals surface area contributed by atoms with E-state index in [2.05, 4.69) is 288 Å². The van der Waals surface area contributed by atoms with Crippen molar-refractivity contribution in [3.05, 3.63) is 54.1 Å². The maximum absolute atomic E-state index is 7.13. The van der Waals surface area contributed by atoms with Crippen molar-refractivity contribution in [2.24, 2.45) is 0 Å². The molecule has 32 heteroatoms. The smallest absolute Gasteiger partial charge is 0.0757 e. The molecule has 0 aromatic carbocycles. The molecular formula is C58H120N16O4S10U2-12. The molecule has 0 fully saturated rings. The molecule has 90 heavy (non-hydrogen) atoms. The summed E-state index contributed by atoms with van der Waals surface area (Å²) in [5.41, 5.74) is 0. The monoisotopic (exact) mass is 1900 g/mol. The molecule has 0 aromatic heterocycles. The summed E-state index contributed by atoms with van der Waals surface area (Å²) in [6.07, 6.45) is 0. The largest absolute Gasteiger partial charge is 2.00 e. The first-order chi connectivity index (χ1) is 39.6. The van der Waals surface area contributed by atoms with Crippen molar-refractivity contribution in [2.75, 3.05) is 157 Å². The van der Waals surface area contributed by atoms with Gasteiger partial charge in [-0.2, -0.15) is 51.6 Å². The summed E-state index contributed by atoms with van der Waals surface area (Å²) in [5, 5.41) is 84.7. The van der Waals surface area contributed by atoms with Crippen LogP contribution in [0.2, 0.25) is 0 Å². The van der Waals surface area contributed by atoms with Gasteiger partial charge < -0.3 is 103 Å². The zero-order valence-electron chi connectivity index (χ0n) is 59.8. The fourth-order valence-electron chi connectivity index (χ4n) is 8.05. The molecular weight excluding hydrogens is 1780 g/mol. The Morgan fingerprint density at radius 3 is 0.178 bits per heavy atom. The van der Waals surface area contributed by atoms with E-state index in [0.717, 1.165) is 0 Å². The molecule has 0 aliphatic carbocycles. The van der Waals surface area contributed by atoms with Gasteiger partial charge in [-0.3, -0.25) is 0 Å². The number of isothiocyanates is 10. The SMILES string of the molecule is CC[N+](CC)(CC)CC.CC[N+](CC)(CC)CC.CC[N+](CC)(CC)CC.CC[N+](CC)(CC)CC.CC[N+](CC)(CC)CC.CC[N+](CC)(CC)CC.[N-]=C=S.[N-]=C=S.[N-]=C=S.[N-]=C=S.[N-]=C=S.[N-]=C=S.[N-]=C=S.[N-]=C=S.[N-]=C=S.[N-]=C=S.[O-2].[O-2].[O-2].[O-2].[U].[U]. The maximum atomic E-state index is 7.13. The predicted octanol–water partition coefficient (Wildman–Crippen LogP) is 17.4. The number of rotatable bonds is 24. The van der Waals surface area contributed by atoms with Crippen LogP contribution < -0.4 is 0 Å². The van der Waals surface area contributed by atoms with Crippen LogP contribution in [-0.4, -0.2) is 236 Å². The van der Waals surface area contributed by atoms with Crippen LogP contribution in [0.3, 0.4) is 0 Å². The molecule has 536 valence electrons. The summed E-state index contributed by atoms with van der Waals surface area (Å²) in [6, 6.07) is 0. The van der Waals surface area contributed by atoms with Gasteiger partial charge in [0.2, 0.25) is 0 Å². The van der Waals surface area contributed by atoms with Crippen LogP contribution in [0, 0.1) is 62.2 Å².